The summed E-state index contributed by atoms with van der Waals surface area (Å²) in [5.74, 6) is -0.0446. The van der Waals surface area contributed by atoms with Gasteiger partial charge in [-0.05, 0) is 38.5 Å². The summed E-state index contributed by atoms with van der Waals surface area (Å²) in [4.78, 5) is 12.2. The average Bonchev–Trinajstić information content (AvgIpc) is 2.84. The lowest BCUT2D eigenvalue weighted by Crippen LogP contribution is -2.45. The highest BCUT2D eigenvalue weighted by molar-refractivity contribution is 5.76. The maximum absolute atomic E-state index is 12.2. The van der Waals surface area contributed by atoms with Crippen molar-refractivity contribution in [3.8, 4) is 0 Å². The normalized spacial score (nSPS) is 13.4. The molecule has 2 atom stereocenters. The van der Waals surface area contributed by atoms with Gasteiger partial charge in [-0.1, -0.05) is 122 Å². The molecule has 4 heteroatoms. The van der Waals surface area contributed by atoms with Crippen LogP contribution in [0, 0.1) is 0 Å². The molecule has 0 heterocycles. The van der Waals surface area contributed by atoms with Gasteiger partial charge in [0, 0.05) is 6.42 Å². The van der Waals surface area contributed by atoms with Gasteiger partial charge in [-0.15, -0.1) is 0 Å². The van der Waals surface area contributed by atoms with Crippen LogP contribution in [0.5, 0.6) is 0 Å². The van der Waals surface area contributed by atoms with Crippen LogP contribution >= 0.6 is 0 Å². The zero-order chi connectivity index (χ0) is 25.1. The Hall–Kier alpha value is -0.870. The molecule has 0 bridgehead atoms. The van der Waals surface area contributed by atoms with Crippen molar-refractivity contribution in [1.82, 2.24) is 5.32 Å². The van der Waals surface area contributed by atoms with Crippen molar-refractivity contribution >= 4 is 5.91 Å². The molecule has 0 rings (SSSR count). The van der Waals surface area contributed by atoms with E-state index in [9.17, 15) is 15.0 Å². The molecule has 0 fully saturated rings. The standard InChI is InChI=1S/C30H59NO3/c1-3-5-7-9-10-11-12-13-14-15-16-17-18-19-20-22-24-26-30(34)31-28(27-32)29(33)25-23-21-8-6-4-2/h13-14,28-29,32-33H,3-12,15-27H2,1-2H3,(H,31,34)/b14-13-. The van der Waals surface area contributed by atoms with E-state index in [1.54, 1.807) is 0 Å². The Bertz CT molecular complexity index is 452. The van der Waals surface area contributed by atoms with Crippen LogP contribution in [0.15, 0.2) is 12.2 Å². The highest BCUT2D eigenvalue weighted by Gasteiger charge is 2.19. The van der Waals surface area contributed by atoms with Gasteiger partial charge < -0.3 is 15.5 Å². The quantitative estimate of drug-likeness (QED) is 0.0865. The molecule has 0 aromatic carbocycles. The Labute approximate surface area is 212 Å². The van der Waals surface area contributed by atoms with E-state index in [1.807, 2.05) is 0 Å². The minimum absolute atomic E-state index is 0.0446. The van der Waals surface area contributed by atoms with Crippen LogP contribution in [0.4, 0.5) is 0 Å². The first-order valence-corrected chi connectivity index (χ1v) is 14.9. The van der Waals surface area contributed by atoms with E-state index in [-0.39, 0.29) is 12.5 Å². The Morgan fingerprint density at radius 2 is 1.12 bits per heavy atom. The third kappa shape index (κ3) is 22.9. The fraction of sp³-hybridized carbons (Fsp3) is 0.900. The maximum Gasteiger partial charge on any atom is 0.220 e. The zero-order valence-corrected chi connectivity index (χ0v) is 22.9. The van der Waals surface area contributed by atoms with Crippen LogP contribution in [-0.2, 0) is 4.79 Å². The lowest BCUT2D eigenvalue weighted by atomic mass is 10.0. The van der Waals surface area contributed by atoms with E-state index >= 15 is 0 Å². The van der Waals surface area contributed by atoms with E-state index in [0.717, 1.165) is 25.7 Å². The van der Waals surface area contributed by atoms with Crippen LogP contribution in [0.3, 0.4) is 0 Å². The van der Waals surface area contributed by atoms with Crippen molar-refractivity contribution in [3.63, 3.8) is 0 Å². The van der Waals surface area contributed by atoms with Crippen molar-refractivity contribution in [2.45, 2.75) is 167 Å². The van der Waals surface area contributed by atoms with Gasteiger partial charge in [-0.2, -0.15) is 0 Å². The lowest BCUT2D eigenvalue weighted by molar-refractivity contribution is -0.123. The van der Waals surface area contributed by atoms with Gasteiger partial charge in [0.1, 0.15) is 0 Å². The van der Waals surface area contributed by atoms with E-state index in [0.29, 0.717) is 12.8 Å². The molecule has 0 aromatic rings. The fourth-order valence-electron chi connectivity index (χ4n) is 4.41. The Balaban J connectivity index is 3.52. The minimum atomic E-state index is -0.652. The van der Waals surface area contributed by atoms with Gasteiger partial charge in [0.2, 0.25) is 5.91 Å². The molecule has 0 aliphatic heterocycles. The summed E-state index contributed by atoms with van der Waals surface area (Å²) >= 11 is 0. The number of allylic oxidation sites excluding steroid dienone is 2. The van der Waals surface area contributed by atoms with E-state index < -0.39 is 12.1 Å². The second-order valence-electron chi connectivity index (χ2n) is 10.2. The third-order valence-electron chi connectivity index (χ3n) is 6.78. The second kappa shape index (κ2) is 26.7. The number of aliphatic hydroxyl groups excluding tert-OH is 2. The molecule has 0 spiro atoms. The molecule has 34 heavy (non-hydrogen) atoms. The van der Waals surface area contributed by atoms with Crippen molar-refractivity contribution in [1.29, 1.82) is 0 Å². The predicted molar refractivity (Wildman–Crippen MR) is 147 cm³/mol. The highest BCUT2D eigenvalue weighted by atomic mass is 16.3. The van der Waals surface area contributed by atoms with Crippen LogP contribution in [0.1, 0.15) is 155 Å². The zero-order valence-electron chi connectivity index (χ0n) is 22.9. The molecule has 0 radical (unpaired) electrons. The fourth-order valence-corrected chi connectivity index (χ4v) is 4.41. The molecule has 0 aliphatic carbocycles. The SMILES string of the molecule is CCCCCCCC/C=C\CCCCCCCCCC(=O)NC(CO)C(O)CCCCCCC. The molecule has 3 N–H and O–H groups in total. The van der Waals surface area contributed by atoms with Gasteiger partial charge in [0.15, 0.2) is 0 Å². The number of aliphatic hydroxyl groups is 2. The highest BCUT2D eigenvalue weighted by Crippen LogP contribution is 2.12. The second-order valence-corrected chi connectivity index (χ2v) is 10.2. The Morgan fingerprint density at radius 1 is 0.676 bits per heavy atom. The van der Waals surface area contributed by atoms with Crippen molar-refractivity contribution in [2.24, 2.45) is 0 Å². The largest absolute Gasteiger partial charge is 0.394 e. The summed E-state index contributed by atoms with van der Waals surface area (Å²) in [6.07, 6.45) is 29.9. The average molecular weight is 482 g/mol. The molecular formula is C30H59NO3. The molecule has 2 unspecified atom stereocenters. The summed E-state index contributed by atoms with van der Waals surface area (Å²) in [5, 5.41) is 22.6. The minimum Gasteiger partial charge on any atom is -0.394 e. The molecule has 0 saturated heterocycles. The van der Waals surface area contributed by atoms with Crippen LogP contribution in [-0.4, -0.2) is 34.9 Å². The van der Waals surface area contributed by atoms with Crippen LogP contribution in [0.25, 0.3) is 0 Å². The number of unbranched alkanes of at least 4 members (excludes halogenated alkanes) is 17. The first kappa shape index (κ1) is 33.1. The number of hydrogen-bond donors (Lipinski definition) is 3. The monoisotopic (exact) mass is 481 g/mol. The van der Waals surface area contributed by atoms with Gasteiger partial charge in [0.25, 0.3) is 0 Å². The van der Waals surface area contributed by atoms with E-state index in [4.69, 9.17) is 0 Å². The Kier molecular flexibility index (Phi) is 26.0. The van der Waals surface area contributed by atoms with E-state index in [1.165, 1.54) is 103 Å². The molecule has 0 aliphatic rings. The van der Waals surface area contributed by atoms with Crippen molar-refractivity contribution < 1.29 is 15.0 Å². The van der Waals surface area contributed by atoms with Crippen molar-refractivity contribution in [3.05, 3.63) is 12.2 Å². The Morgan fingerprint density at radius 3 is 1.62 bits per heavy atom. The van der Waals surface area contributed by atoms with Crippen LogP contribution < -0.4 is 5.32 Å². The number of carbonyl (C=O) groups is 1. The molecule has 0 aromatic heterocycles. The summed E-state index contributed by atoms with van der Waals surface area (Å²) in [6, 6.07) is -0.529. The van der Waals surface area contributed by atoms with Gasteiger partial charge >= 0.3 is 0 Å². The number of hydrogen-bond acceptors (Lipinski definition) is 3. The molecule has 0 saturated carbocycles. The van der Waals surface area contributed by atoms with E-state index in [2.05, 4.69) is 31.3 Å². The first-order valence-electron chi connectivity index (χ1n) is 14.9. The topological polar surface area (TPSA) is 69.6 Å². The third-order valence-corrected chi connectivity index (χ3v) is 6.78. The van der Waals surface area contributed by atoms with Crippen molar-refractivity contribution in [2.75, 3.05) is 6.61 Å². The number of amides is 1. The molecule has 1 amide bonds. The van der Waals surface area contributed by atoms with Gasteiger partial charge in [0.05, 0.1) is 18.8 Å². The van der Waals surface area contributed by atoms with Gasteiger partial charge in [-0.25, -0.2) is 0 Å². The lowest BCUT2D eigenvalue weighted by Gasteiger charge is -2.22. The summed E-state index contributed by atoms with van der Waals surface area (Å²) in [6.45, 7) is 4.25. The maximum atomic E-state index is 12.2. The first-order chi connectivity index (χ1) is 16.7. The summed E-state index contributed by atoms with van der Waals surface area (Å²) < 4.78 is 0. The predicted octanol–water partition coefficient (Wildman–Crippen LogP) is 8.00. The van der Waals surface area contributed by atoms with Gasteiger partial charge in [-0.3, -0.25) is 4.79 Å². The summed E-state index contributed by atoms with van der Waals surface area (Å²) in [5.41, 5.74) is 0. The molecular weight excluding hydrogens is 422 g/mol. The molecule has 4 nitrogen and oxygen atoms in total. The van der Waals surface area contributed by atoms with Crippen LogP contribution in [0.2, 0.25) is 0 Å². The number of rotatable bonds is 26. The smallest absolute Gasteiger partial charge is 0.220 e. The molecule has 202 valence electrons. The number of nitrogens with one attached hydrogen (secondary N) is 1. The number of carbonyl (C=O) groups excluding carboxylic acids is 1. The summed E-state index contributed by atoms with van der Waals surface area (Å²) in [7, 11) is 0.